The first-order valence-corrected chi connectivity index (χ1v) is 6.55. The molecule has 1 heterocycles. The minimum atomic E-state index is -0.277. The summed E-state index contributed by atoms with van der Waals surface area (Å²) >= 11 is 1.49. The Kier molecular flexibility index (Phi) is 4.09. The van der Waals surface area contributed by atoms with Crippen LogP contribution >= 0.6 is 11.3 Å². The van der Waals surface area contributed by atoms with Crippen LogP contribution in [0.4, 0.5) is 9.52 Å². The number of nitrogens with zero attached hydrogens (tertiary/aromatic N) is 1. The first-order valence-electron chi connectivity index (χ1n) is 5.73. The SMILES string of the molecule is NC(=O)CCCCNc1nc2cc(F)ccc2s1. The van der Waals surface area contributed by atoms with Gasteiger partial charge in [0.2, 0.25) is 5.91 Å². The van der Waals surface area contributed by atoms with Crippen LogP contribution in [0, 0.1) is 5.82 Å². The summed E-state index contributed by atoms with van der Waals surface area (Å²) in [4.78, 5) is 14.8. The van der Waals surface area contributed by atoms with E-state index in [9.17, 15) is 9.18 Å². The molecular weight excluding hydrogens is 253 g/mol. The summed E-state index contributed by atoms with van der Waals surface area (Å²) in [5.41, 5.74) is 5.71. The van der Waals surface area contributed by atoms with E-state index in [-0.39, 0.29) is 11.7 Å². The van der Waals surface area contributed by atoms with E-state index < -0.39 is 0 Å². The van der Waals surface area contributed by atoms with E-state index >= 15 is 0 Å². The van der Waals surface area contributed by atoms with Crippen molar-refractivity contribution in [2.45, 2.75) is 19.3 Å². The van der Waals surface area contributed by atoms with Gasteiger partial charge in [0.05, 0.1) is 10.2 Å². The number of nitrogens with two attached hydrogens (primary N) is 1. The Morgan fingerprint density at radius 1 is 1.44 bits per heavy atom. The van der Waals surface area contributed by atoms with Gasteiger partial charge in [-0.15, -0.1) is 0 Å². The molecule has 0 aliphatic rings. The maximum Gasteiger partial charge on any atom is 0.217 e. The smallest absolute Gasteiger partial charge is 0.217 e. The fraction of sp³-hybridized carbons (Fsp3) is 0.333. The van der Waals surface area contributed by atoms with E-state index in [1.807, 2.05) is 0 Å². The van der Waals surface area contributed by atoms with Crippen molar-refractivity contribution in [2.75, 3.05) is 11.9 Å². The molecule has 0 aliphatic heterocycles. The van der Waals surface area contributed by atoms with Crippen molar-refractivity contribution in [3.63, 3.8) is 0 Å². The van der Waals surface area contributed by atoms with Crippen LogP contribution in [0.3, 0.4) is 0 Å². The summed E-state index contributed by atoms with van der Waals surface area (Å²) in [5, 5.41) is 3.93. The van der Waals surface area contributed by atoms with Crippen molar-refractivity contribution in [3.05, 3.63) is 24.0 Å². The number of anilines is 1. The summed E-state index contributed by atoms with van der Waals surface area (Å²) in [7, 11) is 0. The number of hydrogen-bond donors (Lipinski definition) is 2. The van der Waals surface area contributed by atoms with Gasteiger partial charge >= 0.3 is 0 Å². The van der Waals surface area contributed by atoms with Gasteiger partial charge < -0.3 is 11.1 Å². The third kappa shape index (κ3) is 3.40. The van der Waals surface area contributed by atoms with Gasteiger partial charge in [0.1, 0.15) is 5.82 Å². The molecule has 0 unspecified atom stereocenters. The van der Waals surface area contributed by atoms with Crippen LogP contribution in [0.25, 0.3) is 10.2 Å². The molecule has 18 heavy (non-hydrogen) atoms. The number of thiazole rings is 1. The Hall–Kier alpha value is -1.69. The molecule has 0 fully saturated rings. The Labute approximate surface area is 108 Å². The Morgan fingerprint density at radius 3 is 3.06 bits per heavy atom. The number of fused-ring (bicyclic) bond motifs is 1. The predicted octanol–water partition coefficient (Wildman–Crippen LogP) is 2.50. The van der Waals surface area contributed by atoms with Crippen molar-refractivity contribution in [1.82, 2.24) is 4.98 Å². The van der Waals surface area contributed by atoms with Crippen LogP contribution in [-0.2, 0) is 4.79 Å². The van der Waals surface area contributed by atoms with Gasteiger partial charge in [-0.05, 0) is 25.0 Å². The molecule has 3 N–H and O–H groups in total. The van der Waals surface area contributed by atoms with Crippen LogP contribution in [0.15, 0.2) is 18.2 Å². The van der Waals surface area contributed by atoms with E-state index in [4.69, 9.17) is 5.73 Å². The van der Waals surface area contributed by atoms with Gasteiger partial charge in [0.15, 0.2) is 5.13 Å². The predicted molar refractivity (Wildman–Crippen MR) is 71.1 cm³/mol. The molecule has 0 aliphatic carbocycles. The maximum absolute atomic E-state index is 13.0. The molecular formula is C12H14FN3OS. The summed E-state index contributed by atoms with van der Waals surface area (Å²) in [6, 6.07) is 4.57. The largest absolute Gasteiger partial charge is 0.370 e. The molecule has 96 valence electrons. The molecule has 0 spiro atoms. The van der Waals surface area contributed by atoms with Crippen LogP contribution < -0.4 is 11.1 Å². The van der Waals surface area contributed by atoms with Gasteiger partial charge in [0, 0.05) is 19.0 Å². The van der Waals surface area contributed by atoms with Crippen LogP contribution in [0.2, 0.25) is 0 Å². The minimum Gasteiger partial charge on any atom is -0.370 e. The standard InChI is InChI=1S/C12H14FN3OS/c13-8-4-5-10-9(7-8)16-12(18-10)15-6-2-1-3-11(14)17/h4-5,7H,1-3,6H2,(H2,14,17)(H,15,16). The van der Waals surface area contributed by atoms with Crippen molar-refractivity contribution >= 4 is 32.6 Å². The lowest BCUT2D eigenvalue weighted by atomic mass is 10.2. The zero-order valence-electron chi connectivity index (χ0n) is 9.78. The van der Waals surface area contributed by atoms with E-state index in [0.29, 0.717) is 11.9 Å². The second-order valence-corrected chi connectivity index (χ2v) is 5.01. The maximum atomic E-state index is 13.0. The number of hydrogen-bond acceptors (Lipinski definition) is 4. The molecule has 2 rings (SSSR count). The van der Waals surface area contributed by atoms with E-state index in [2.05, 4.69) is 10.3 Å². The van der Waals surface area contributed by atoms with E-state index in [1.165, 1.54) is 23.5 Å². The number of rotatable bonds is 6. The molecule has 0 radical (unpaired) electrons. The quantitative estimate of drug-likeness (QED) is 0.790. The number of carbonyl (C=O) groups excluding carboxylic acids is 1. The summed E-state index contributed by atoms with van der Waals surface area (Å²) in [6.45, 7) is 0.732. The lowest BCUT2D eigenvalue weighted by Gasteiger charge is -2.00. The van der Waals surface area contributed by atoms with Gasteiger partial charge in [-0.25, -0.2) is 9.37 Å². The number of aromatic nitrogens is 1. The summed E-state index contributed by atoms with van der Waals surface area (Å²) < 4.78 is 13.9. The topological polar surface area (TPSA) is 68.0 Å². The molecule has 0 atom stereocenters. The fourth-order valence-corrected chi connectivity index (χ4v) is 2.47. The Balaban J connectivity index is 1.86. The molecule has 2 aromatic rings. The number of unbranched alkanes of at least 4 members (excludes halogenated alkanes) is 1. The van der Waals surface area contributed by atoms with Crippen molar-refractivity contribution in [3.8, 4) is 0 Å². The normalized spacial score (nSPS) is 10.7. The third-order valence-corrected chi connectivity index (χ3v) is 3.47. The molecule has 1 aromatic carbocycles. The number of carbonyl (C=O) groups is 1. The van der Waals surface area contributed by atoms with Gasteiger partial charge in [-0.3, -0.25) is 4.79 Å². The highest BCUT2D eigenvalue weighted by Gasteiger charge is 2.04. The fourth-order valence-electron chi connectivity index (χ4n) is 1.60. The number of amides is 1. The van der Waals surface area contributed by atoms with Crippen molar-refractivity contribution < 1.29 is 9.18 Å². The van der Waals surface area contributed by atoms with Gasteiger partial charge in [0.25, 0.3) is 0 Å². The number of primary amides is 1. The molecule has 1 amide bonds. The molecule has 0 saturated carbocycles. The Bertz CT molecular complexity index is 555. The zero-order chi connectivity index (χ0) is 13.0. The molecule has 1 aromatic heterocycles. The molecule has 0 saturated heterocycles. The first kappa shape index (κ1) is 12.8. The highest BCUT2D eigenvalue weighted by Crippen LogP contribution is 2.26. The van der Waals surface area contributed by atoms with Crippen molar-refractivity contribution in [1.29, 1.82) is 0 Å². The van der Waals surface area contributed by atoms with Crippen LogP contribution in [0.5, 0.6) is 0 Å². The Morgan fingerprint density at radius 2 is 2.28 bits per heavy atom. The average molecular weight is 267 g/mol. The second kappa shape index (κ2) is 5.77. The highest BCUT2D eigenvalue weighted by molar-refractivity contribution is 7.22. The van der Waals surface area contributed by atoms with E-state index in [0.717, 1.165) is 29.2 Å². The first-order chi connectivity index (χ1) is 8.65. The number of halogens is 1. The number of benzene rings is 1. The monoisotopic (exact) mass is 267 g/mol. The highest BCUT2D eigenvalue weighted by atomic mass is 32.1. The minimum absolute atomic E-state index is 0.273. The summed E-state index contributed by atoms with van der Waals surface area (Å²) in [6.07, 6.45) is 2.03. The lowest BCUT2D eigenvalue weighted by molar-refractivity contribution is -0.118. The van der Waals surface area contributed by atoms with Gasteiger partial charge in [-0.1, -0.05) is 11.3 Å². The van der Waals surface area contributed by atoms with Gasteiger partial charge in [-0.2, -0.15) is 0 Å². The second-order valence-electron chi connectivity index (χ2n) is 3.98. The third-order valence-electron chi connectivity index (χ3n) is 2.48. The lowest BCUT2D eigenvalue weighted by Crippen LogP contribution is -2.10. The van der Waals surface area contributed by atoms with Crippen LogP contribution in [-0.4, -0.2) is 17.4 Å². The van der Waals surface area contributed by atoms with E-state index in [1.54, 1.807) is 6.07 Å². The molecule has 6 heteroatoms. The van der Waals surface area contributed by atoms with Crippen molar-refractivity contribution in [2.24, 2.45) is 5.73 Å². The van der Waals surface area contributed by atoms with Crippen LogP contribution in [0.1, 0.15) is 19.3 Å². The molecule has 4 nitrogen and oxygen atoms in total. The molecule has 0 bridgehead atoms. The zero-order valence-corrected chi connectivity index (χ0v) is 10.6. The summed E-state index contributed by atoms with van der Waals surface area (Å²) in [5.74, 6) is -0.550. The average Bonchev–Trinajstić information content (AvgIpc) is 2.70. The number of nitrogens with one attached hydrogen (secondary N) is 1.